The van der Waals surface area contributed by atoms with Crippen LogP contribution >= 0.6 is 43.5 Å². The molecule has 0 N–H and O–H groups in total. The highest BCUT2D eigenvalue weighted by Crippen LogP contribution is 2.32. The summed E-state index contributed by atoms with van der Waals surface area (Å²) >= 11 is 13.6. The van der Waals surface area contributed by atoms with Crippen LogP contribution < -0.4 is 4.74 Å². The number of benzene rings is 2. The lowest BCUT2D eigenvalue weighted by Gasteiger charge is -2.13. The normalized spacial score (nSPS) is 12.2. The van der Waals surface area contributed by atoms with Gasteiger partial charge in [0, 0.05) is 4.47 Å². The highest BCUT2D eigenvalue weighted by molar-refractivity contribution is 9.10. The van der Waals surface area contributed by atoms with Gasteiger partial charge < -0.3 is 4.74 Å². The molecule has 0 aromatic heterocycles. The van der Waals surface area contributed by atoms with Crippen molar-refractivity contribution < 1.29 is 4.74 Å². The zero-order chi connectivity index (χ0) is 15.2. The van der Waals surface area contributed by atoms with Crippen LogP contribution in [0, 0.1) is 0 Å². The third-order valence-corrected chi connectivity index (χ3v) is 4.60. The van der Waals surface area contributed by atoms with Gasteiger partial charge in [-0.15, -0.1) is 11.6 Å². The summed E-state index contributed by atoms with van der Waals surface area (Å²) in [4.78, 5) is 0. The molecule has 2 rings (SSSR count). The number of hydrogen-bond acceptors (Lipinski definition) is 1. The van der Waals surface area contributed by atoms with Crippen LogP contribution in [0.3, 0.4) is 0 Å². The molecule has 2 aromatic carbocycles. The maximum Gasteiger partial charge on any atom is 0.133 e. The molecule has 0 aliphatic rings. The Morgan fingerprint density at radius 1 is 1.14 bits per heavy atom. The van der Waals surface area contributed by atoms with Gasteiger partial charge in [-0.05, 0) is 64.2 Å². The molecule has 0 aliphatic carbocycles. The first kappa shape index (κ1) is 16.9. The van der Waals surface area contributed by atoms with Crippen LogP contribution in [-0.4, -0.2) is 6.61 Å². The molecular weight excluding hydrogens is 415 g/mol. The first-order chi connectivity index (χ1) is 10.1. The molecule has 0 aliphatic heterocycles. The Bertz CT molecular complexity index is 601. The second-order valence-electron chi connectivity index (χ2n) is 4.84. The highest BCUT2D eigenvalue weighted by atomic mass is 79.9. The standard InChI is InChI=1S/C17H17Br2ClO/c1-2-8-21-17-7-6-13(11-15(17)19)16(20)10-12-4-3-5-14(18)9-12/h3-7,9,11,16H,2,8,10H2,1H3. The Morgan fingerprint density at radius 3 is 2.62 bits per heavy atom. The highest BCUT2D eigenvalue weighted by Gasteiger charge is 2.12. The van der Waals surface area contributed by atoms with Crippen molar-refractivity contribution in [2.24, 2.45) is 0 Å². The summed E-state index contributed by atoms with van der Waals surface area (Å²) in [5.41, 5.74) is 2.30. The van der Waals surface area contributed by atoms with E-state index < -0.39 is 0 Å². The first-order valence-corrected chi connectivity index (χ1v) is 8.93. The van der Waals surface area contributed by atoms with E-state index in [4.69, 9.17) is 16.3 Å². The molecule has 112 valence electrons. The predicted molar refractivity (Wildman–Crippen MR) is 96.4 cm³/mol. The molecule has 0 saturated carbocycles. The Balaban J connectivity index is 2.08. The lowest BCUT2D eigenvalue weighted by molar-refractivity contribution is 0.315. The molecule has 1 nitrogen and oxygen atoms in total. The number of hydrogen-bond donors (Lipinski definition) is 0. The maximum atomic E-state index is 6.54. The minimum Gasteiger partial charge on any atom is -0.492 e. The molecule has 0 bridgehead atoms. The van der Waals surface area contributed by atoms with Gasteiger partial charge in [0.25, 0.3) is 0 Å². The van der Waals surface area contributed by atoms with Crippen LogP contribution in [0.5, 0.6) is 5.75 Å². The number of rotatable bonds is 6. The van der Waals surface area contributed by atoms with Crippen molar-refractivity contribution in [2.45, 2.75) is 25.1 Å². The van der Waals surface area contributed by atoms with Crippen molar-refractivity contribution in [3.05, 3.63) is 62.5 Å². The molecule has 2 aromatic rings. The van der Waals surface area contributed by atoms with Crippen molar-refractivity contribution >= 4 is 43.5 Å². The molecule has 1 unspecified atom stereocenters. The summed E-state index contributed by atoms with van der Waals surface area (Å²) in [6.45, 7) is 2.81. The molecular formula is C17H17Br2ClO. The van der Waals surface area contributed by atoms with Crippen LogP contribution in [0.15, 0.2) is 51.4 Å². The summed E-state index contributed by atoms with van der Waals surface area (Å²) in [6.07, 6.45) is 1.79. The lowest BCUT2D eigenvalue weighted by Crippen LogP contribution is -1.99. The molecule has 1 atom stereocenters. The van der Waals surface area contributed by atoms with Gasteiger partial charge in [-0.25, -0.2) is 0 Å². The van der Waals surface area contributed by atoms with E-state index in [1.165, 1.54) is 5.56 Å². The fourth-order valence-electron chi connectivity index (χ4n) is 2.03. The average molecular weight is 433 g/mol. The van der Waals surface area contributed by atoms with E-state index in [0.29, 0.717) is 0 Å². The van der Waals surface area contributed by atoms with E-state index in [2.05, 4.69) is 50.9 Å². The number of ether oxygens (including phenoxy) is 1. The van der Waals surface area contributed by atoms with Crippen molar-refractivity contribution in [3.63, 3.8) is 0 Å². The van der Waals surface area contributed by atoms with E-state index in [9.17, 15) is 0 Å². The number of halogens is 3. The van der Waals surface area contributed by atoms with Crippen molar-refractivity contribution in [1.29, 1.82) is 0 Å². The van der Waals surface area contributed by atoms with Gasteiger partial charge in [-0.1, -0.05) is 41.1 Å². The predicted octanol–water partition coefficient (Wildman–Crippen LogP) is 6.52. The van der Waals surface area contributed by atoms with Crippen molar-refractivity contribution in [2.75, 3.05) is 6.61 Å². The molecule has 21 heavy (non-hydrogen) atoms. The third kappa shape index (κ3) is 5.01. The maximum absolute atomic E-state index is 6.54. The van der Waals surface area contributed by atoms with E-state index in [1.54, 1.807) is 0 Å². The molecule has 0 heterocycles. The van der Waals surface area contributed by atoms with Gasteiger partial charge >= 0.3 is 0 Å². The number of alkyl halides is 1. The molecule has 0 spiro atoms. The fraction of sp³-hybridized carbons (Fsp3) is 0.294. The molecule has 0 radical (unpaired) electrons. The average Bonchev–Trinajstić information content (AvgIpc) is 2.46. The fourth-order valence-corrected chi connectivity index (χ4v) is 3.30. The summed E-state index contributed by atoms with van der Waals surface area (Å²) in [6, 6.07) is 14.3. The van der Waals surface area contributed by atoms with E-state index in [-0.39, 0.29) is 5.38 Å². The van der Waals surface area contributed by atoms with Gasteiger partial charge in [0.1, 0.15) is 5.75 Å². The van der Waals surface area contributed by atoms with Crippen molar-refractivity contribution in [3.8, 4) is 5.75 Å². The van der Waals surface area contributed by atoms with Gasteiger partial charge in [0.2, 0.25) is 0 Å². The Morgan fingerprint density at radius 2 is 1.95 bits per heavy atom. The summed E-state index contributed by atoms with van der Waals surface area (Å²) in [5, 5.41) is -0.0594. The molecule has 0 saturated heterocycles. The monoisotopic (exact) mass is 430 g/mol. The SMILES string of the molecule is CCCOc1ccc(C(Cl)Cc2cccc(Br)c2)cc1Br. The second-order valence-corrected chi connectivity index (χ2v) is 7.14. The summed E-state index contributed by atoms with van der Waals surface area (Å²) in [5.74, 6) is 0.868. The largest absolute Gasteiger partial charge is 0.492 e. The third-order valence-electron chi connectivity index (χ3n) is 3.08. The zero-order valence-electron chi connectivity index (χ0n) is 11.8. The van der Waals surface area contributed by atoms with Gasteiger partial charge in [-0.2, -0.15) is 0 Å². The van der Waals surface area contributed by atoms with Crippen LogP contribution in [-0.2, 0) is 6.42 Å². The minimum absolute atomic E-state index is 0.0594. The lowest BCUT2D eigenvalue weighted by atomic mass is 10.0. The minimum atomic E-state index is -0.0594. The molecule has 0 amide bonds. The quantitative estimate of drug-likeness (QED) is 0.472. The first-order valence-electron chi connectivity index (χ1n) is 6.91. The van der Waals surface area contributed by atoms with E-state index in [1.807, 2.05) is 30.3 Å². The summed E-state index contributed by atoms with van der Waals surface area (Å²) in [7, 11) is 0. The zero-order valence-corrected chi connectivity index (χ0v) is 15.7. The van der Waals surface area contributed by atoms with Gasteiger partial charge in [0.15, 0.2) is 0 Å². The van der Waals surface area contributed by atoms with Crippen molar-refractivity contribution in [1.82, 2.24) is 0 Å². The van der Waals surface area contributed by atoms with Crippen LogP contribution in [0.1, 0.15) is 29.8 Å². The second kappa shape index (κ2) is 8.21. The van der Waals surface area contributed by atoms with Crippen LogP contribution in [0.4, 0.5) is 0 Å². The Kier molecular flexibility index (Phi) is 6.59. The topological polar surface area (TPSA) is 9.23 Å². The van der Waals surface area contributed by atoms with Gasteiger partial charge in [0.05, 0.1) is 16.5 Å². The summed E-state index contributed by atoms with van der Waals surface area (Å²) < 4.78 is 7.69. The van der Waals surface area contributed by atoms with E-state index >= 15 is 0 Å². The van der Waals surface area contributed by atoms with E-state index in [0.717, 1.165) is 39.7 Å². The Labute approximate surface area is 147 Å². The van der Waals surface area contributed by atoms with Crippen LogP contribution in [0.2, 0.25) is 0 Å². The molecule has 0 fully saturated rings. The van der Waals surface area contributed by atoms with Gasteiger partial charge in [-0.3, -0.25) is 0 Å². The van der Waals surface area contributed by atoms with Crippen LogP contribution in [0.25, 0.3) is 0 Å². The Hall–Kier alpha value is -0.510. The molecule has 4 heteroatoms. The smallest absolute Gasteiger partial charge is 0.133 e.